The maximum atomic E-state index is 13.1. The summed E-state index contributed by atoms with van der Waals surface area (Å²) in [6.07, 6.45) is -0.385. The van der Waals surface area contributed by atoms with Gasteiger partial charge in [0.1, 0.15) is 12.4 Å². The number of halogens is 1. The predicted molar refractivity (Wildman–Crippen MR) is 84.2 cm³/mol. The van der Waals surface area contributed by atoms with Crippen LogP contribution < -0.4 is 10.2 Å². The third-order valence-electron chi connectivity index (χ3n) is 3.64. The number of amides is 2. The van der Waals surface area contributed by atoms with E-state index in [1.807, 2.05) is 0 Å². The molecule has 2 aromatic rings. The second-order valence-corrected chi connectivity index (χ2v) is 5.23. The van der Waals surface area contributed by atoms with Gasteiger partial charge < -0.3 is 10.1 Å². The van der Waals surface area contributed by atoms with Crippen molar-refractivity contribution in [3.63, 3.8) is 0 Å². The smallest absolute Gasteiger partial charge is 0.414 e. The summed E-state index contributed by atoms with van der Waals surface area (Å²) in [4.78, 5) is 25.2. The Kier molecular flexibility index (Phi) is 3.97. The lowest BCUT2D eigenvalue weighted by Gasteiger charge is -2.13. The number of carbonyl (C=O) groups is 2. The van der Waals surface area contributed by atoms with Gasteiger partial charge in [0, 0.05) is 16.9 Å². The van der Waals surface area contributed by atoms with Crippen LogP contribution in [0.2, 0.25) is 0 Å². The first-order chi connectivity index (χ1) is 11.0. The molecule has 0 atom stereocenters. The van der Waals surface area contributed by atoms with Crippen LogP contribution in [0.5, 0.6) is 0 Å². The largest absolute Gasteiger partial charge is 0.447 e. The Bertz CT molecular complexity index is 759. The highest BCUT2D eigenvalue weighted by molar-refractivity contribution is 6.05. The van der Waals surface area contributed by atoms with E-state index in [-0.39, 0.29) is 17.8 Å². The van der Waals surface area contributed by atoms with E-state index in [2.05, 4.69) is 5.32 Å². The van der Waals surface area contributed by atoms with Crippen LogP contribution in [-0.2, 0) is 4.74 Å². The Labute approximate surface area is 132 Å². The maximum Gasteiger partial charge on any atom is 0.414 e. The molecular formula is C17H15FN2O3. The fourth-order valence-corrected chi connectivity index (χ4v) is 2.38. The van der Waals surface area contributed by atoms with Crippen molar-refractivity contribution in [1.29, 1.82) is 0 Å². The Morgan fingerprint density at radius 1 is 1.22 bits per heavy atom. The summed E-state index contributed by atoms with van der Waals surface area (Å²) in [5, 5.41) is 2.74. The molecule has 0 spiro atoms. The first kappa shape index (κ1) is 15.0. The van der Waals surface area contributed by atoms with E-state index in [9.17, 15) is 14.0 Å². The molecule has 1 heterocycles. The second kappa shape index (κ2) is 6.08. The first-order valence-corrected chi connectivity index (χ1v) is 7.16. The Morgan fingerprint density at radius 3 is 2.57 bits per heavy atom. The normalized spacial score (nSPS) is 13.8. The zero-order valence-electron chi connectivity index (χ0n) is 12.5. The summed E-state index contributed by atoms with van der Waals surface area (Å²) in [7, 11) is 0. The molecule has 6 heteroatoms. The number of anilines is 2. The molecule has 2 aromatic carbocycles. The van der Waals surface area contributed by atoms with Crippen molar-refractivity contribution in [3.05, 3.63) is 59.4 Å². The van der Waals surface area contributed by atoms with E-state index in [0.29, 0.717) is 35.7 Å². The molecule has 0 radical (unpaired) electrons. The molecule has 5 nitrogen and oxygen atoms in total. The fourth-order valence-electron chi connectivity index (χ4n) is 2.38. The minimum Gasteiger partial charge on any atom is -0.447 e. The quantitative estimate of drug-likeness (QED) is 0.945. The van der Waals surface area contributed by atoms with Gasteiger partial charge >= 0.3 is 6.09 Å². The number of cyclic esters (lactones) is 1. The maximum absolute atomic E-state index is 13.1. The highest BCUT2D eigenvalue weighted by atomic mass is 19.1. The van der Waals surface area contributed by atoms with Gasteiger partial charge in [0.05, 0.1) is 6.54 Å². The monoisotopic (exact) mass is 314 g/mol. The van der Waals surface area contributed by atoms with Crippen molar-refractivity contribution >= 4 is 23.4 Å². The first-order valence-electron chi connectivity index (χ1n) is 7.16. The van der Waals surface area contributed by atoms with Gasteiger partial charge in [-0.2, -0.15) is 0 Å². The van der Waals surface area contributed by atoms with E-state index < -0.39 is 0 Å². The summed E-state index contributed by atoms with van der Waals surface area (Å²) in [5.74, 6) is -0.641. The van der Waals surface area contributed by atoms with E-state index in [0.717, 1.165) is 0 Å². The number of nitrogens with one attached hydrogen (secondary N) is 1. The molecule has 1 N–H and O–H groups in total. The summed E-state index contributed by atoms with van der Waals surface area (Å²) >= 11 is 0. The van der Waals surface area contributed by atoms with Crippen molar-refractivity contribution in [2.24, 2.45) is 0 Å². The zero-order chi connectivity index (χ0) is 16.4. The number of rotatable bonds is 3. The number of benzene rings is 2. The third kappa shape index (κ3) is 3.15. The Hall–Kier alpha value is -2.89. The number of hydrogen-bond acceptors (Lipinski definition) is 3. The van der Waals surface area contributed by atoms with Gasteiger partial charge in [-0.3, -0.25) is 9.69 Å². The van der Waals surface area contributed by atoms with E-state index >= 15 is 0 Å². The predicted octanol–water partition coefficient (Wildman–Crippen LogP) is 3.34. The molecule has 1 saturated heterocycles. The number of hydrogen-bond donors (Lipinski definition) is 1. The van der Waals surface area contributed by atoms with Crippen LogP contribution in [-0.4, -0.2) is 25.2 Å². The molecule has 3 rings (SSSR count). The minimum atomic E-state index is -0.385. The zero-order valence-corrected chi connectivity index (χ0v) is 12.5. The molecule has 1 aliphatic heterocycles. The summed E-state index contributed by atoms with van der Waals surface area (Å²) < 4.78 is 18.0. The summed E-state index contributed by atoms with van der Waals surface area (Å²) in [6.45, 7) is 2.59. The molecule has 23 heavy (non-hydrogen) atoms. The molecule has 0 unspecified atom stereocenters. The topological polar surface area (TPSA) is 58.6 Å². The highest BCUT2D eigenvalue weighted by Crippen LogP contribution is 2.21. The van der Waals surface area contributed by atoms with Crippen LogP contribution in [0.4, 0.5) is 20.6 Å². The average molecular weight is 314 g/mol. The van der Waals surface area contributed by atoms with Crippen LogP contribution >= 0.6 is 0 Å². The third-order valence-corrected chi connectivity index (χ3v) is 3.64. The lowest BCUT2D eigenvalue weighted by Crippen LogP contribution is -2.23. The SMILES string of the molecule is Cc1cc(F)ccc1NC(=O)c1ccc(N2CCOC2=O)cc1. The molecule has 0 bridgehead atoms. The molecule has 2 amide bonds. The van der Waals surface area contributed by atoms with Crippen LogP contribution in [0.3, 0.4) is 0 Å². The highest BCUT2D eigenvalue weighted by Gasteiger charge is 2.23. The number of nitrogens with zero attached hydrogens (tertiary/aromatic N) is 1. The number of carbonyl (C=O) groups excluding carboxylic acids is 2. The van der Waals surface area contributed by atoms with Crippen molar-refractivity contribution in [2.45, 2.75) is 6.92 Å². The van der Waals surface area contributed by atoms with Gasteiger partial charge in [-0.15, -0.1) is 0 Å². The Morgan fingerprint density at radius 2 is 1.96 bits per heavy atom. The van der Waals surface area contributed by atoms with Gasteiger partial charge in [-0.05, 0) is 55.0 Å². The standard InChI is InChI=1S/C17H15FN2O3/c1-11-10-13(18)4-7-15(11)19-16(21)12-2-5-14(6-3-12)20-8-9-23-17(20)22/h2-7,10H,8-9H2,1H3,(H,19,21). The van der Waals surface area contributed by atoms with E-state index in [1.54, 1.807) is 31.2 Å². The van der Waals surface area contributed by atoms with E-state index in [1.165, 1.54) is 23.1 Å². The molecule has 1 aliphatic rings. The van der Waals surface area contributed by atoms with Crippen molar-refractivity contribution in [1.82, 2.24) is 0 Å². The van der Waals surface area contributed by atoms with Crippen molar-refractivity contribution < 1.29 is 18.7 Å². The van der Waals surface area contributed by atoms with Crippen LogP contribution in [0.15, 0.2) is 42.5 Å². The second-order valence-electron chi connectivity index (χ2n) is 5.23. The van der Waals surface area contributed by atoms with Crippen LogP contribution in [0.25, 0.3) is 0 Å². The summed E-state index contributed by atoms with van der Waals surface area (Å²) in [6, 6.07) is 10.8. The van der Waals surface area contributed by atoms with E-state index in [4.69, 9.17) is 4.74 Å². The van der Waals surface area contributed by atoms with Gasteiger partial charge in [0.25, 0.3) is 5.91 Å². The van der Waals surface area contributed by atoms with Crippen LogP contribution in [0.1, 0.15) is 15.9 Å². The van der Waals surface area contributed by atoms with Gasteiger partial charge in [-0.25, -0.2) is 9.18 Å². The lowest BCUT2D eigenvalue weighted by molar-refractivity contribution is 0.102. The fraction of sp³-hybridized carbons (Fsp3) is 0.176. The Balaban J connectivity index is 1.74. The molecule has 0 saturated carbocycles. The van der Waals surface area contributed by atoms with Gasteiger partial charge in [0.15, 0.2) is 0 Å². The molecule has 0 aromatic heterocycles. The molecule has 118 valence electrons. The molecule has 0 aliphatic carbocycles. The van der Waals surface area contributed by atoms with Crippen molar-refractivity contribution in [3.8, 4) is 0 Å². The number of aryl methyl sites for hydroxylation is 1. The van der Waals surface area contributed by atoms with Crippen LogP contribution in [0, 0.1) is 12.7 Å². The average Bonchev–Trinajstić information content (AvgIpc) is 2.96. The van der Waals surface area contributed by atoms with Gasteiger partial charge in [0.2, 0.25) is 0 Å². The summed E-state index contributed by atoms with van der Waals surface area (Å²) in [5.41, 5.74) is 2.34. The van der Waals surface area contributed by atoms with Gasteiger partial charge in [-0.1, -0.05) is 0 Å². The molecular weight excluding hydrogens is 299 g/mol. The van der Waals surface area contributed by atoms with Crippen molar-refractivity contribution in [2.75, 3.05) is 23.4 Å². The minimum absolute atomic E-state index is 0.296. The lowest BCUT2D eigenvalue weighted by atomic mass is 10.1. The molecule has 1 fully saturated rings. The number of ether oxygens (including phenoxy) is 1.